The van der Waals surface area contributed by atoms with Crippen molar-refractivity contribution in [3.8, 4) is 0 Å². The third-order valence-electron chi connectivity index (χ3n) is 12.4. The van der Waals surface area contributed by atoms with E-state index in [9.17, 15) is 4.79 Å². The summed E-state index contributed by atoms with van der Waals surface area (Å²) in [5, 5.41) is 0. The third kappa shape index (κ3) is 1.33. The Balaban J connectivity index is 1.34. The second-order valence-corrected chi connectivity index (χ2v) is 12.2. The second kappa shape index (κ2) is 4.76. The first-order chi connectivity index (χ1) is 14.8. The van der Waals surface area contributed by atoms with E-state index in [1.54, 1.807) is 7.11 Å². The molecule has 1 aromatic rings. The lowest BCUT2D eigenvalue weighted by atomic mass is 9.60. The number of carbonyl (C=O) groups excluding carboxylic acids is 1. The number of allylic oxidation sites excluding steroid dienone is 2. The average Bonchev–Trinajstić information content (AvgIpc) is 3.53. The molecule has 2 nitrogen and oxygen atoms in total. The summed E-state index contributed by atoms with van der Waals surface area (Å²) in [5.74, 6) is 10.0. The van der Waals surface area contributed by atoms with Crippen LogP contribution in [0.15, 0.2) is 41.5 Å². The van der Waals surface area contributed by atoms with Gasteiger partial charge in [0, 0.05) is 0 Å². The first-order valence-corrected chi connectivity index (χ1v) is 12.6. The van der Waals surface area contributed by atoms with E-state index in [1.165, 1.54) is 31.2 Å². The molecular formula is C28H30O2. The highest BCUT2D eigenvalue weighted by Crippen LogP contribution is 2.89. The summed E-state index contributed by atoms with van der Waals surface area (Å²) < 4.78 is 5.77. The maximum Gasteiger partial charge on any atom is 0.312 e. The standard InChI is InChI=1S/C28H30O2/c1-30-27(29)28(11-12-5-3-2-4-6-12)25-15-9-7-13-17-14-8-10-16-19(14)22-20(17)21(18(13)15)23(25)24(22)26(16)28/h2-6,13,15-16,18-26H,7-11H2,1H3/t13-,15+,16+,18+,19-,20+,21+,22-,23+,24+,25+,26+,28-/m0/s1. The van der Waals surface area contributed by atoms with Gasteiger partial charge in [0.2, 0.25) is 0 Å². The van der Waals surface area contributed by atoms with Crippen molar-refractivity contribution in [3.63, 3.8) is 0 Å². The lowest BCUT2D eigenvalue weighted by Crippen LogP contribution is -2.48. The van der Waals surface area contributed by atoms with Crippen molar-refractivity contribution < 1.29 is 9.53 Å². The van der Waals surface area contributed by atoms with E-state index in [4.69, 9.17) is 4.74 Å². The highest BCUT2D eigenvalue weighted by Gasteiger charge is 2.86. The molecule has 0 radical (unpaired) electrons. The van der Waals surface area contributed by atoms with E-state index in [0.29, 0.717) is 11.8 Å². The zero-order chi connectivity index (χ0) is 19.5. The Hall–Kier alpha value is -1.57. The minimum atomic E-state index is -0.259. The summed E-state index contributed by atoms with van der Waals surface area (Å²) in [4.78, 5) is 14.0. The van der Waals surface area contributed by atoms with Gasteiger partial charge in [-0.1, -0.05) is 41.5 Å². The van der Waals surface area contributed by atoms with E-state index in [-0.39, 0.29) is 11.4 Å². The van der Waals surface area contributed by atoms with Crippen molar-refractivity contribution in [2.24, 2.45) is 76.4 Å². The molecule has 0 unspecified atom stereocenters. The Kier molecular flexibility index (Phi) is 2.56. The monoisotopic (exact) mass is 398 g/mol. The fourth-order valence-corrected chi connectivity index (χ4v) is 12.8. The van der Waals surface area contributed by atoms with Crippen LogP contribution in [0.3, 0.4) is 0 Å². The maximum absolute atomic E-state index is 14.0. The zero-order valence-electron chi connectivity index (χ0n) is 17.7. The smallest absolute Gasteiger partial charge is 0.312 e. The molecule has 8 aliphatic rings. The van der Waals surface area contributed by atoms with Gasteiger partial charge in [-0.3, -0.25) is 4.79 Å². The predicted molar refractivity (Wildman–Crippen MR) is 112 cm³/mol. The Morgan fingerprint density at radius 1 is 0.933 bits per heavy atom. The normalized spacial score (nSPS) is 58.6. The molecule has 0 saturated heterocycles. The fraction of sp³-hybridized carbons (Fsp3) is 0.679. The van der Waals surface area contributed by atoms with Crippen molar-refractivity contribution >= 4 is 5.97 Å². The number of benzene rings is 1. The van der Waals surface area contributed by atoms with Crippen LogP contribution in [0.4, 0.5) is 0 Å². The van der Waals surface area contributed by atoms with Crippen LogP contribution in [-0.2, 0) is 16.0 Å². The van der Waals surface area contributed by atoms with Gasteiger partial charge in [0.1, 0.15) is 0 Å². The molecule has 0 aliphatic heterocycles. The third-order valence-corrected chi connectivity index (χ3v) is 12.4. The summed E-state index contributed by atoms with van der Waals surface area (Å²) in [5.41, 5.74) is 5.07. The van der Waals surface area contributed by atoms with Crippen LogP contribution in [0.2, 0.25) is 0 Å². The van der Waals surface area contributed by atoms with Crippen LogP contribution in [0.1, 0.15) is 31.2 Å². The van der Waals surface area contributed by atoms with Crippen LogP contribution in [0, 0.1) is 76.4 Å². The number of fused-ring (bicyclic) bond motifs is 3. The minimum absolute atomic E-state index is 0.161. The summed E-state index contributed by atoms with van der Waals surface area (Å²) in [7, 11) is 1.67. The van der Waals surface area contributed by atoms with Gasteiger partial charge in [0.05, 0.1) is 12.5 Å². The molecule has 30 heavy (non-hydrogen) atoms. The predicted octanol–water partition coefficient (Wildman–Crippen LogP) is 4.75. The van der Waals surface area contributed by atoms with Crippen molar-refractivity contribution in [2.75, 3.05) is 7.11 Å². The largest absolute Gasteiger partial charge is 0.469 e. The Morgan fingerprint density at radius 2 is 1.73 bits per heavy atom. The van der Waals surface area contributed by atoms with Gasteiger partial charge in [-0.05, 0) is 109 Å². The van der Waals surface area contributed by atoms with E-state index in [2.05, 4.69) is 30.3 Å². The molecule has 0 amide bonds. The molecule has 8 aliphatic carbocycles. The molecule has 0 N–H and O–H groups in total. The van der Waals surface area contributed by atoms with E-state index in [0.717, 1.165) is 65.6 Å². The van der Waals surface area contributed by atoms with E-state index < -0.39 is 0 Å². The van der Waals surface area contributed by atoms with Crippen LogP contribution in [0.25, 0.3) is 0 Å². The van der Waals surface area contributed by atoms with Crippen LogP contribution in [0.5, 0.6) is 0 Å². The van der Waals surface area contributed by atoms with Gasteiger partial charge in [-0.25, -0.2) is 0 Å². The molecule has 0 aromatic heterocycles. The molecule has 13 atom stereocenters. The first kappa shape index (κ1) is 16.1. The number of hydrogen-bond donors (Lipinski definition) is 0. The SMILES string of the molecule is COC(=O)[C@]1(Cc2ccccc2)[C@@H]2[C@@H]3CCC4=C5[C@H]6[C@H]([C@@H]43)[C@@H]2[C@H]2[C@@H]6[C@H]3[C@@H](CC[C@@H]53)[C@H]21. The highest BCUT2D eigenvalue weighted by atomic mass is 16.5. The molecule has 9 rings (SSSR count). The Bertz CT molecular complexity index is 1040. The molecule has 2 heteroatoms. The summed E-state index contributed by atoms with van der Waals surface area (Å²) in [6.45, 7) is 0. The summed E-state index contributed by atoms with van der Waals surface area (Å²) >= 11 is 0. The molecular weight excluding hydrogens is 368 g/mol. The van der Waals surface area contributed by atoms with Crippen LogP contribution >= 0.6 is 0 Å². The molecule has 1 aromatic carbocycles. The maximum atomic E-state index is 14.0. The highest BCUT2D eigenvalue weighted by molar-refractivity contribution is 5.80. The van der Waals surface area contributed by atoms with Gasteiger partial charge in [-0.15, -0.1) is 0 Å². The van der Waals surface area contributed by atoms with Gasteiger partial charge in [0.25, 0.3) is 0 Å². The quantitative estimate of drug-likeness (QED) is 0.543. The summed E-state index contributed by atoms with van der Waals surface area (Å²) in [6.07, 6.45) is 6.44. The molecule has 0 heterocycles. The second-order valence-electron chi connectivity index (χ2n) is 12.2. The van der Waals surface area contributed by atoms with Gasteiger partial charge >= 0.3 is 5.97 Å². The van der Waals surface area contributed by atoms with Crippen molar-refractivity contribution in [1.29, 1.82) is 0 Å². The lowest BCUT2D eigenvalue weighted by Gasteiger charge is -2.42. The minimum Gasteiger partial charge on any atom is -0.469 e. The van der Waals surface area contributed by atoms with Gasteiger partial charge < -0.3 is 4.74 Å². The molecule has 0 bridgehead atoms. The van der Waals surface area contributed by atoms with Crippen LogP contribution in [-0.4, -0.2) is 13.1 Å². The molecule has 7 fully saturated rings. The summed E-state index contributed by atoms with van der Waals surface area (Å²) in [6, 6.07) is 11.0. The van der Waals surface area contributed by atoms with Crippen molar-refractivity contribution in [3.05, 3.63) is 47.0 Å². The fourth-order valence-electron chi connectivity index (χ4n) is 12.8. The first-order valence-electron chi connectivity index (χ1n) is 12.6. The van der Waals surface area contributed by atoms with Crippen LogP contribution < -0.4 is 0 Å². The topological polar surface area (TPSA) is 26.3 Å². The van der Waals surface area contributed by atoms with Crippen molar-refractivity contribution in [2.45, 2.75) is 32.1 Å². The van der Waals surface area contributed by atoms with Crippen molar-refractivity contribution in [1.82, 2.24) is 0 Å². The van der Waals surface area contributed by atoms with E-state index >= 15 is 0 Å². The molecule has 154 valence electrons. The number of ether oxygens (including phenoxy) is 1. The molecule has 0 spiro atoms. The van der Waals surface area contributed by atoms with E-state index in [1.807, 2.05) is 11.1 Å². The zero-order valence-corrected chi connectivity index (χ0v) is 17.7. The number of methoxy groups -OCH3 is 1. The Labute approximate surface area is 178 Å². The number of carbonyl (C=O) groups is 1. The lowest BCUT2D eigenvalue weighted by molar-refractivity contribution is -0.162. The van der Waals surface area contributed by atoms with Gasteiger partial charge in [0.15, 0.2) is 0 Å². The average molecular weight is 399 g/mol. The van der Waals surface area contributed by atoms with Gasteiger partial charge in [-0.2, -0.15) is 0 Å². The number of esters is 1. The number of rotatable bonds is 3. The Morgan fingerprint density at radius 3 is 2.57 bits per heavy atom. The number of hydrogen-bond acceptors (Lipinski definition) is 2. The molecule has 7 saturated carbocycles.